The molecule has 8 heteroatoms. The van der Waals surface area contributed by atoms with Gasteiger partial charge in [-0.1, -0.05) is 0 Å². The summed E-state index contributed by atoms with van der Waals surface area (Å²) in [7, 11) is 0. The molecule has 0 bridgehead atoms. The van der Waals surface area contributed by atoms with E-state index in [0.29, 0.717) is 6.42 Å². The second-order valence-electron chi connectivity index (χ2n) is 6.19. The molecule has 2 atom stereocenters. The second kappa shape index (κ2) is 6.14. The molecule has 128 valence electrons. The SMILES string of the molecule is CCn1ncc2c1CCC[C@@H]2N[C@H]1CCN(CC(F)(F)F)C1=O. The van der Waals surface area contributed by atoms with Gasteiger partial charge in [-0.15, -0.1) is 0 Å². The molecule has 1 amide bonds. The van der Waals surface area contributed by atoms with E-state index in [-0.39, 0.29) is 12.6 Å². The van der Waals surface area contributed by atoms with Crippen LogP contribution >= 0.6 is 0 Å². The van der Waals surface area contributed by atoms with E-state index in [9.17, 15) is 18.0 Å². The molecule has 2 heterocycles. The highest BCUT2D eigenvalue weighted by Crippen LogP contribution is 2.31. The number of hydrogen-bond acceptors (Lipinski definition) is 3. The summed E-state index contributed by atoms with van der Waals surface area (Å²) in [5, 5.41) is 7.62. The van der Waals surface area contributed by atoms with Gasteiger partial charge in [-0.05, 0) is 32.6 Å². The van der Waals surface area contributed by atoms with E-state index in [2.05, 4.69) is 10.4 Å². The van der Waals surface area contributed by atoms with Gasteiger partial charge in [0.05, 0.1) is 12.2 Å². The van der Waals surface area contributed by atoms with Gasteiger partial charge >= 0.3 is 6.18 Å². The maximum atomic E-state index is 12.5. The Morgan fingerprint density at radius 2 is 2.13 bits per heavy atom. The van der Waals surface area contributed by atoms with Crippen LogP contribution in [-0.2, 0) is 17.8 Å². The lowest BCUT2D eigenvalue weighted by atomic mass is 9.92. The summed E-state index contributed by atoms with van der Waals surface area (Å²) in [6, 6.07) is -0.530. The van der Waals surface area contributed by atoms with Crippen LogP contribution in [0.1, 0.15) is 43.5 Å². The van der Waals surface area contributed by atoms with Crippen molar-refractivity contribution in [3.63, 3.8) is 0 Å². The van der Waals surface area contributed by atoms with Gasteiger partial charge in [0.2, 0.25) is 5.91 Å². The van der Waals surface area contributed by atoms with Gasteiger partial charge in [-0.25, -0.2) is 0 Å². The molecule has 23 heavy (non-hydrogen) atoms. The fraction of sp³-hybridized carbons (Fsp3) is 0.733. The topological polar surface area (TPSA) is 50.2 Å². The van der Waals surface area contributed by atoms with Crippen LogP contribution in [0.25, 0.3) is 0 Å². The number of aryl methyl sites for hydroxylation is 1. The highest BCUT2D eigenvalue weighted by atomic mass is 19.4. The van der Waals surface area contributed by atoms with E-state index in [4.69, 9.17) is 0 Å². The van der Waals surface area contributed by atoms with Crippen molar-refractivity contribution in [2.45, 2.75) is 57.4 Å². The molecule has 1 aromatic rings. The molecule has 1 saturated heterocycles. The Morgan fingerprint density at radius 3 is 2.83 bits per heavy atom. The second-order valence-corrected chi connectivity index (χ2v) is 6.19. The molecule has 0 aromatic carbocycles. The molecule has 3 rings (SSSR count). The van der Waals surface area contributed by atoms with Crippen molar-refractivity contribution in [1.82, 2.24) is 20.0 Å². The van der Waals surface area contributed by atoms with Crippen LogP contribution in [0.5, 0.6) is 0 Å². The predicted octanol–water partition coefficient (Wildman–Crippen LogP) is 2.03. The van der Waals surface area contributed by atoms with Crippen LogP contribution in [0, 0.1) is 0 Å². The van der Waals surface area contributed by atoms with Crippen molar-refractivity contribution in [1.29, 1.82) is 0 Å². The van der Waals surface area contributed by atoms with Gasteiger partial charge in [0.15, 0.2) is 0 Å². The molecule has 0 spiro atoms. The minimum absolute atomic E-state index is 0.00108. The predicted molar refractivity (Wildman–Crippen MR) is 77.8 cm³/mol. The van der Waals surface area contributed by atoms with E-state index in [1.54, 1.807) is 0 Å². The first-order valence-electron chi connectivity index (χ1n) is 8.05. The van der Waals surface area contributed by atoms with Crippen molar-refractivity contribution >= 4 is 5.91 Å². The zero-order valence-corrected chi connectivity index (χ0v) is 13.1. The molecule has 0 unspecified atom stereocenters. The van der Waals surface area contributed by atoms with E-state index >= 15 is 0 Å². The molecular formula is C15H21F3N4O. The summed E-state index contributed by atoms with van der Waals surface area (Å²) in [5.74, 6) is -0.447. The number of nitrogens with zero attached hydrogens (tertiary/aromatic N) is 3. The fourth-order valence-electron chi connectivity index (χ4n) is 3.57. The number of hydrogen-bond donors (Lipinski definition) is 1. The fourth-order valence-corrected chi connectivity index (χ4v) is 3.57. The van der Waals surface area contributed by atoms with Crippen LogP contribution in [0.3, 0.4) is 0 Å². The third kappa shape index (κ3) is 3.36. The Hall–Kier alpha value is -1.57. The maximum absolute atomic E-state index is 12.5. The Kier molecular flexibility index (Phi) is 4.35. The van der Waals surface area contributed by atoms with E-state index < -0.39 is 24.7 Å². The summed E-state index contributed by atoms with van der Waals surface area (Å²) in [6.45, 7) is 1.82. The maximum Gasteiger partial charge on any atom is 0.406 e. The smallest absolute Gasteiger partial charge is 0.332 e. The lowest BCUT2D eigenvalue weighted by Gasteiger charge is -2.27. The van der Waals surface area contributed by atoms with Gasteiger partial charge in [0.25, 0.3) is 0 Å². The first-order chi connectivity index (χ1) is 10.9. The normalized spacial score (nSPS) is 25.0. The molecule has 1 aliphatic carbocycles. The van der Waals surface area contributed by atoms with Crippen molar-refractivity contribution in [2.24, 2.45) is 0 Å². The lowest BCUT2D eigenvalue weighted by Crippen LogP contribution is -2.43. The number of halogens is 3. The number of nitrogens with one attached hydrogen (secondary N) is 1. The van der Waals surface area contributed by atoms with Crippen LogP contribution in [0.2, 0.25) is 0 Å². The standard InChI is InChI=1S/C15H21F3N4O/c1-2-22-13-5-3-4-11(10(13)8-19-22)20-12-6-7-21(14(12)23)9-15(16,17)18/h8,11-12,20H,2-7,9H2,1H3/t11-,12-/m0/s1. The summed E-state index contributed by atoms with van der Waals surface area (Å²) < 4.78 is 39.4. The van der Waals surface area contributed by atoms with E-state index in [1.807, 2.05) is 17.8 Å². The first-order valence-corrected chi connectivity index (χ1v) is 8.05. The summed E-state index contributed by atoms with van der Waals surface area (Å²) in [4.78, 5) is 13.1. The van der Waals surface area contributed by atoms with Crippen LogP contribution in [-0.4, -0.2) is 45.9 Å². The van der Waals surface area contributed by atoms with Gasteiger partial charge in [0, 0.05) is 30.4 Å². The van der Waals surface area contributed by atoms with Gasteiger partial charge < -0.3 is 4.90 Å². The number of fused-ring (bicyclic) bond motifs is 1. The average Bonchev–Trinajstić information content (AvgIpc) is 3.04. The summed E-state index contributed by atoms with van der Waals surface area (Å²) in [6.07, 6.45) is 0.727. The third-order valence-electron chi connectivity index (χ3n) is 4.63. The molecule has 1 fully saturated rings. The van der Waals surface area contributed by atoms with E-state index in [1.165, 1.54) is 5.69 Å². The summed E-state index contributed by atoms with van der Waals surface area (Å²) in [5.41, 5.74) is 2.26. The monoisotopic (exact) mass is 330 g/mol. The number of likely N-dealkylation sites (tertiary alicyclic amines) is 1. The van der Waals surface area contributed by atoms with Crippen molar-refractivity contribution in [3.8, 4) is 0 Å². The Morgan fingerprint density at radius 1 is 1.35 bits per heavy atom. The van der Waals surface area contributed by atoms with Crippen LogP contribution in [0.15, 0.2) is 6.20 Å². The summed E-state index contributed by atoms with van der Waals surface area (Å²) >= 11 is 0. The van der Waals surface area contributed by atoms with Gasteiger partial charge in [-0.2, -0.15) is 18.3 Å². The first kappa shape index (κ1) is 16.3. The Bertz CT molecular complexity index is 584. The Labute approximate surface area is 132 Å². The molecular weight excluding hydrogens is 309 g/mol. The van der Waals surface area contributed by atoms with Crippen molar-refractivity contribution in [3.05, 3.63) is 17.5 Å². The lowest BCUT2D eigenvalue weighted by molar-refractivity contribution is -0.158. The van der Waals surface area contributed by atoms with Crippen LogP contribution in [0.4, 0.5) is 13.2 Å². The molecule has 2 aliphatic rings. The number of amides is 1. The van der Waals surface area contributed by atoms with Crippen molar-refractivity contribution < 1.29 is 18.0 Å². The number of rotatable bonds is 4. The minimum atomic E-state index is -4.34. The molecule has 1 aliphatic heterocycles. The van der Waals surface area contributed by atoms with Crippen molar-refractivity contribution in [2.75, 3.05) is 13.1 Å². The highest BCUT2D eigenvalue weighted by molar-refractivity contribution is 5.84. The zero-order valence-electron chi connectivity index (χ0n) is 13.1. The highest BCUT2D eigenvalue weighted by Gasteiger charge is 2.40. The number of alkyl halides is 3. The molecule has 0 radical (unpaired) electrons. The molecule has 1 N–H and O–H groups in total. The van der Waals surface area contributed by atoms with Gasteiger partial charge in [-0.3, -0.25) is 14.8 Å². The van der Waals surface area contributed by atoms with E-state index in [0.717, 1.165) is 36.3 Å². The largest absolute Gasteiger partial charge is 0.406 e. The zero-order chi connectivity index (χ0) is 16.6. The number of carbonyl (C=O) groups excluding carboxylic acids is 1. The molecule has 0 saturated carbocycles. The number of aromatic nitrogens is 2. The Balaban J connectivity index is 1.67. The molecule has 5 nitrogen and oxygen atoms in total. The average molecular weight is 330 g/mol. The minimum Gasteiger partial charge on any atom is -0.332 e. The van der Waals surface area contributed by atoms with Crippen LogP contribution < -0.4 is 5.32 Å². The van der Waals surface area contributed by atoms with Gasteiger partial charge in [0.1, 0.15) is 6.54 Å². The quantitative estimate of drug-likeness (QED) is 0.919. The third-order valence-corrected chi connectivity index (χ3v) is 4.63. The number of carbonyl (C=O) groups is 1. The molecule has 1 aromatic heterocycles.